The number of hydrogen-bond acceptors (Lipinski definition) is 5. The van der Waals surface area contributed by atoms with Crippen molar-refractivity contribution in [2.45, 2.75) is 10.9 Å². The summed E-state index contributed by atoms with van der Waals surface area (Å²) in [5, 5.41) is 7.05. The Hall–Kier alpha value is -2.91. The summed E-state index contributed by atoms with van der Waals surface area (Å²) in [5.74, 6) is 0.360. The molecule has 0 bridgehead atoms. The number of carbonyl (C=O) groups is 1. The molecule has 0 radical (unpaired) electrons. The Labute approximate surface area is 157 Å². The molecule has 8 nitrogen and oxygen atoms in total. The van der Waals surface area contributed by atoms with Crippen LogP contribution < -0.4 is 5.32 Å². The van der Waals surface area contributed by atoms with Crippen LogP contribution in [0.3, 0.4) is 0 Å². The lowest BCUT2D eigenvalue weighted by atomic mass is 10.2. The van der Waals surface area contributed by atoms with Gasteiger partial charge in [-0.3, -0.25) is 9.48 Å². The molecule has 1 amide bonds. The zero-order valence-corrected chi connectivity index (χ0v) is 15.8. The van der Waals surface area contributed by atoms with Crippen molar-refractivity contribution in [2.24, 2.45) is 0 Å². The van der Waals surface area contributed by atoms with Gasteiger partial charge < -0.3 is 9.73 Å². The molecular formula is C18H20N4O4S. The molecule has 1 unspecified atom stereocenters. The Bertz CT molecular complexity index is 944. The van der Waals surface area contributed by atoms with Crippen molar-refractivity contribution in [3.05, 3.63) is 72.4 Å². The maximum atomic E-state index is 12.5. The number of hydrogen-bond donors (Lipinski definition) is 1. The molecule has 3 aromatic rings. The zero-order valence-electron chi connectivity index (χ0n) is 14.9. The highest BCUT2D eigenvalue weighted by atomic mass is 32.2. The van der Waals surface area contributed by atoms with Crippen LogP contribution in [0.25, 0.3) is 0 Å². The van der Waals surface area contributed by atoms with Gasteiger partial charge in [-0.25, -0.2) is 12.7 Å². The highest BCUT2D eigenvalue weighted by Crippen LogP contribution is 2.18. The van der Waals surface area contributed by atoms with Crippen molar-refractivity contribution < 1.29 is 17.6 Å². The molecule has 0 spiro atoms. The molecule has 1 N–H and O–H groups in total. The first kappa shape index (κ1) is 18.9. The maximum Gasteiger partial charge on any atom is 0.251 e. The van der Waals surface area contributed by atoms with E-state index in [0.29, 0.717) is 11.3 Å². The largest absolute Gasteiger partial charge is 0.467 e. The zero-order chi connectivity index (χ0) is 19.4. The average molecular weight is 388 g/mol. The highest BCUT2D eigenvalue weighted by Gasteiger charge is 2.20. The van der Waals surface area contributed by atoms with Crippen molar-refractivity contribution in [2.75, 3.05) is 20.6 Å². The van der Waals surface area contributed by atoms with Gasteiger partial charge in [-0.15, -0.1) is 0 Å². The maximum absolute atomic E-state index is 12.5. The minimum absolute atomic E-state index is 0.133. The molecule has 27 heavy (non-hydrogen) atoms. The number of sulfonamides is 1. The molecule has 0 aliphatic carbocycles. The first-order valence-electron chi connectivity index (χ1n) is 8.23. The number of benzene rings is 1. The number of aromatic nitrogens is 2. The summed E-state index contributed by atoms with van der Waals surface area (Å²) < 4.78 is 32.5. The molecule has 9 heteroatoms. The predicted octanol–water partition coefficient (Wildman–Crippen LogP) is 1.75. The molecule has 1 atom stereocenters. The van der Waals surface area contributed by atoms with Gasteiger partial charge in [0.2, 0.25) is 10.0 Å². The summed E-state index contributed by atoms with van der Waals surface area (Å²) >= 11 is 0. The number of carbonyl (C=O) groups excluding carboxylic acids is 1. The smallest absolute Gasteiger partial charge is 0.251 e. The van der Waals surface area contributed by atoms with Gasteiger partial charge in [0, 0.05) is 38.6 Å². The van der Waals surface area contributed by atoms with Gasteiger partial charge in [-0.05, 0) is 42.5 Å². The lowest BCUT2D eigenvalue weighted by Gasteiger charge is -2.16. The van der Waals surface area contributed by atoms with Crippen molar-refractivity contribution in [1.82, 2.24) is 19.4 Å². The molecule has 2 aromatic heterocycles. The number of rotatable bonds is 7. The fourth-order valence-corrected chi connectivity index (χ4v) is 3.45. The summed E-state index contributed by atoms with van der Waals surface area (Å²) in [6.45, 7) is 0.270. The number of nitrogens with one attached hydrogen (secondary N) is 1. The molecule has 0 aliphatic heterocycles. The van der Waals surface area contributed by atoms with Crippen LogP contribution in [0.15, 0.2) is 70.4 Å². The first-order chi connectivity index (χ1) is 12.9. The van der Waals surface area contributed by atoms with Crippen LogP contribution >= 0.6 is 0 Å². The van der Waals surface area contributed by atoms with Crippen LogP contribution in [0.2, 0.25) is 0 Å². The predicted molar refractivity (Wildman–Crippen MR) is 98.7 cm³/mol. The third-order valence-electron chi connectivity index (χ3n) is 4.07. The second-order valence-corrected chi connectivity index (χ2v) is 8.19. The molecule has 0 saturated heterocycles. The number of furan rings is 1. The van der Waals surface area contributed by atoms with Gasteiger partial charge in [-0.1, -0.05) is 0 Å². The molecule has 3 rings (SSSR count). The third-order valence-corrected chi connectivity index (χ3v) is 5.90. The molecule has 2 heterocycles. The summed E-state index contributed by atoms with van der Waals surface area (Å²) in [7, 11) is -0.610. The lowest BCUT2D eigenvalue weighted by molar-refractivity contribution is 0.0948. The average Bonchev–Trinajstić information content (AvgIpc) is 3.36. The fraction of sp³-hybridized carbons (Fsp3) is 0.222. The van der Waals surface area contributed by atoms with Crippen molar-refractivity contribution in [1.29, 1.82) is 0 Å². The van der Waals surface area contributed by atoms with E-state index in [1.54, 1.807) is 35.5 Å². The van der Waals surface area contributed by atoms with Gasteiger partial charge in [0.15, 0.2) is 0 Å². The first-order valence-corrected chi connectivity index (χ1v) is 9.67. The number of amides is 1. The summed E-state index contributed by atoms with van der Waals surface area (Å²) in [5.41, 5.74) is 0.367. The molecule has 0 fully saturated rings. The van der Waals surface area contributed by atoms with E-state index in [-0.39, 0.29) is 23.4 Å². The van der Waals surface area contributed by atoms with Gasteiger partial charge in [0.05, 0.1) is 11.2 Å². The van der Waals surface area contributed by atoms with E-state index in [2.05, 4.69) is 10.4 Å². The van der Waals surface area contributed by atoms with Crippen LogP contribution in [0, 0.1) is 0 Å². The Kier molecular flexibility index (Phi) is 5.43. The quantitative estimate of drug-likeness (QED) is 0.665. The van der Waals surface area contributed by atoms with E-state index < -0.39 is 10.0 Å². The van der Waals surface area contributed by atoms with E-state index in [9.17, 15) is 13.2 Å². The van der Waals surface area contributed by atoms with Crippen LogP contribution in [-0.2, 0) is 10.0 Å². The monoisotopic (exact) mass is 388 g/mol. The summed E-state index contributed by atoms with van der Waals surface area (Å²) in [6, 6.07) is 10.9. The van der Waals surface area contributed by atoms with Crippen molar-refractivity contribution in [3.63, 3.8) is 0 Å². The summed E-state index contributed by atoms with van der Waals surface area (Å²) in [4.78, 5) is 12.6. The molecule has 0 saturated carbocycles. The van der Waals surface area contributed by atoms with Crippen molar-refractivity contribution in [3.8, 4) is 0 Å². The Morgan fingerprint density at radius 2 is 1.96 bits per heavy atom. The summed E-state index contributed by atoms with van der Waals surface area (Å²) in [6.07, 6.45) is 5.01. The number of nitrogens with zero attached hydrogens (tertiary/aromatic N) is 3. The van der Waals surface area contributed by atoms with E-state index in [1.807, 2.05) is 6.07 Å². The van der Waals surface area contributed by atoms with Crippen LogP contribution in [0.5, 0.6) is 0 Å². The Balaban J connectivity index is 1.71. The van der Waals surface area contributed by atoms with Crippen LogP contribution in [0.4, 0.5) is 0 Å². The fourth-order valence-electron chi connectivity index (χ4n) is 2.55. The molecule has 142 valence electrons. The molecule has 1 aromatic carbocycles. The Morgan fingerprint density at radius 1 is 1.22 bits per heavy atom. The SMILES string of the molecule is CN(C)S(=O)(=O)c1ccc(C(=O)NCC(c2ccco2)n2cccn2)cc1. The van der Waals surface area contributed by atoms with Gasteiger partial charge in [0.1, 0.15) is 11.8 Å². The topological polar surface area (TPSA) is 97.4 Å². The van der Waals surface area contributed by atoms with E-state index >= 15 is 0 Å². The lowest BCUT2D eigenvalue weighted by Crippen LogP contribution is -2.31. The van der Waals surface area contributed by atoms with Gasteiger partial charge >= 0.3 is 0 Å². The van der Waals surface area contributed by atoms with Gasteiger partial charge in [0.25, 0.3) is 5.91 Å². The van der Waals surface area contributed by atoms with E-state index in [1.165, 1.54) is 38.4 Å². The van der Waals surface area contributed by atoms with E-state index in [0.717, 1.165) is 4.31 Å². The minimum atomic E-state index is -3.53. The van der Waals surface area contributed by atoms with Crippen molar-refractivity contribution >= 4 is 15.9 Å². The Morgan fingerprint density at radius 3 is 2.52 bits per heavy atom. The molecular weight excluding hydrogens is 368 g/mol. The minimum Gasteiger partial charge on any atom is -0.467 e. The normalized spacial score (nSPS) is 12.9. The van der Waals surface area contributed by atoms with E-state index in [4.69, 9.17) is 4.42 Å². The van der Waals surface area contributed by atoms with Crippen LogP contribution in [-0.4, -0.2) is 49.1 Å². The van der Waals surface area contributed by atoms with Gasteiger partial charge in [-0.2, -0.15) is 5.10 Å². The second-order valence-electron chi connectivity index (χ2n) is 6.04. The standard InChI is InChI=1S/C18H20N4O4S/c1-21(2)27(24,25)15-8-6-14(7-9-15)18(23)19-13-16(17-5-3-12-26-17)22-11-4-10-20-22/h3-12,16H,13H2,1-2H3,(H,19,23). The highest BCUT2D eigenvalue weighted by molar-refractivity contribution is 7.89. The van der Waals surface area contributed by atoms with Crippen LogP contribution in [0.1, 0.15) is 22.2 Å². The molecule has 0 aliphatic rings. The second kappa shape index (κ2) is 7.77. The third kappa shape index (κ3) is 4.09.